The second-order valence-corrected chi connectivity index (χ2v) is 4.81. The van der Waals surface area contributed by atoms with Crippen LogP contribution in [0.3, 0.4) is 0 Å². The van der Waals surface area contributed by atoms with Crippen LogP contribution in [0.1, 0.15) is 29.3 Å². The number of carbonyl (C=O) groups is 2. The molecule has 5 nitrogen and oxygen atoms in total. The third-order valence-electron chi connectivity index (χ3n) is 3.22. The van der Waals surface area contributed by atoms with Crippen LogP contribution in [0.5, 0.6) is 0 Å². The lowest BCUT2D eigenvalue weighted by atomic mass is 10.0. The van der Waals surface area contributed by atoms with Crippen molar-refractivity contribution in [1.82, 2.24) is 10.2 Å². The van der Waals surface area contributed by atoms with Gasteiger partial charge in [0.25, 0.3) is 5.91 Å². The molecule has 1 amide bonds. The van der Waals surface area contributed by atoms with Crippen molar-refractivity contribution in [2.45, 2.75) is 19.8 Å². The summed E-state index contributed by atoms with van der Waals surface area (Å²) in [6, 6.07) is 7.53. The van der Waals surface area contributed by atoms with Crippen molar-refractivity contribution in [3.8, 4) is 0 Å². The molecule has 0 heterocycles. The van der Waals surface area contributed by atoms with Gasteiger partial charge >= 0.3 is 5.97 Å². The molecule has 116 valence electrons. The van der Waals surface area contributed by atoms with E-state index in [1.165, 1.54) is 7.11 Å². The number of likely N-dealkylation sites (N-methyl/N-ethyl adjacent to an activating group) is 1. The number of hydrogen-bond donors (Lipinski definition) is 1. The van der Waals surface area contributed by atoms with Gasteiger partial charge in [-0.2, -0.15) is 0 Å². The summed E-state index contributed by atoms with van der Waals surface area (Å²) in [6.07, 6.45) is 1.57. The predicted molar refractivity (Wildman–Crippen MR) is 82.3 cm³/mol. The number of hydrogen-bond acceptors (Lipinski definition) is 4. The van der Waals surface area contributed by atoms with Crippen LogP contribution in [0, 0.1) is 0 Å². The van der Waals surface area contributed by atoms with Crippen molar-refractivity contribution in [2.24, 2.45) is 0 Å². The van der Waals surface area contributed by atoms with Gasteiger partial charge in [-0.15, -0.1) is 0 Å². The Hall–Kier alpha value is -1.88. The molecule has 0 bridgehead atoms. The highest BCUT2D eigenvalue weighted by molar-refractivity contribution is 5.97. The Morgan fingerprint density at radius 1 is 1.29 bits per heavy atom. The Labute approximate surface area is 126 Å². The SMILES string of the molecule is CCCN(CC(=O)OC)C(=O)c1ccccc1CCNC. The summed E-state index contributed by atoms with van der Waals surface area (Å²) in [5.41, 5.74) is 1.65. The first-order chi connectivity index (χ1) is 10.1. The average molecular weight is 292 g/mol. The number of nitrogens with one attached hydrogen (secondary N) is 1. The zero-order valence-electron chi connectivity index (χ0n) is 13.0. The largest absolute Gasteiger partial charge is 0.468 e. The van der Waals surface area contributed by atoms with Crippen LogP contribution >= 0.6 is 0 Å². The van der Waals surface area contributed by atoms with Crippen LogP contribution in [-0.4, -0.2) is 50.6 Å². The molecule has 0 saturated heterocycles. The Bertz CT molecular complexity index is 474. The summed E-state index contributed by atoms with van der Waals surface area (Å²) in [5.74, 6) is -0.515. The molecule has 0 aromatic heterocycles. The highest BCUT2D eigenvalue weighted by atomic mass is 16.5. The van der Waals surface area contributed by atoms with Crippen LogP contribution in [0.15, 0.2) is 24.3 Å². The lowest BCUT2D eigenvalue weighted by molar-refractivity contribution is -0.141. The van der Waals surface area contributed by atoms with E-state index in [0.29, 0.717) is 12.1 Å². The minimum Gasteiger partial charge on any atom is -0.468 e. The monoisotopic (exact) mass is 292 g/mol. The molecule has 1 aromatic carbocycles. The number of rotatable bonds is 8. The van der Waals surface area contributed by atoms with E-state index in [1.807, 2.05) is 38.2 Å². The maximum absolute atomic E-state index is 12.7. The van der Waals surface area contributed by atoms with Gasteiger partial charge in [-0.1, -0.05) is 25.1 Å². The first kappa shape index (κ1) is 17.2. The number of carbonyl (C=O) groups excluding carboxylic acids is 2. The van der Waals surface area contributed by atoms with Crippen LogP contribution in [0.2, 0.25) is 0 Å². The van der Waals surface area contributed by atoms with Crippen molar-refractivity contribution in [3.05, 3.63) is 35.4 Å². The van der Waals surface area contributed by atoms with Gasteiger partial charge in [0, 0.05) is 12.1 Å². The van der Waals surface area contributed by atoms with Crippen molar-refractivity contribution in [2.75, 3.05) is 33.8 Å². The van der Waals surface area contributed by atoms with Gasteiger partial charge < -0.3 is 15.0 Å². The lowest BCUT2D eigenvalue weighted by Crippen LogP contribution is -2.37. The number of nitrogens with zero attached hydrogens (tertiary/aromatic N) is 1. The summed E-state index contributed by atoms with van der Waals surface area (Å²) in [6.45, 7) is 3.30. The average Bonchev–Trinajstić information content (AvgIpc) is 2.51. The highest BCUT2D eigenvalue weighted by Gasteiger charge is 2.20. The number of ether oxygens (including phenoxy) is 1. The Kier molecular flexibility index (Phi) is 7.46. The number of esters is 1. The number of methoxy groups -OCH3 is 1. The minimum absolute atomic E-state index is 0.0104. The van der Waals surface area contributed by atoms with E-state index in [4.69, 9.17) is 0 Å². The zero-order chi connectivity index (χ0) is 15.7. The van der Waals surface area contributed by atoms with Crippen molar-refractivity contribution >= 4 is 11.9 Å². The fourth-order valence-corrected chi connectivity index (χ4v) is 2.12. The maximum Gasteiger partial charge on any atom is 0.325 e. The highest BCUT2D eigenvalue weighted by Crippen LogP contribution is 2.13. The third kappa shape index (κ3) is 5.19. The van der Waals surface area contributed by atoms with E-state index in [9.17, 15) is 9.59 Å². The van der Waals surface area contributed by atoms with Crippen molar-refractivity contribution in [3.63, 3.8) is 0 Å². The Morgan fingerprint density at radius 2 is 2.00 bits per heavy atom. The standard InChI is InChI=1S/C16H24N2O3/c1-4-11-18(12-15(19)21-3)16(20)14-8-6-5-7-13(14)9-10-17-2/h5-8,17H,4,9-12H2,1-3H3. The van der Waals surface area contributed by atoms with Gasteiger partial charge in [-0.25, -0.2) is 0 Å². The summed E-state index contributed by atoms with van der Waals surface area (Å²) in [5, 5.41) is 3.08. The topological polar surface area (TPSA) is 58.6 Å². The van der Waals surface area contributed by atoms with E-state index in [1.54, 1.807) is 4.90 Å². The van der Waals surface area contributed by atoms with E-state index in [2.05, 4.69) is 10.1 Å². The molecule has 0 aliphatic rings. The molecular weight excluding hydrogens is 268 g/mol. The fourth-order valence-electron chi connectivity index (χ4n) is 2.12. The van der Waals surface area contributed by atoms with E-state index < -0.39 is 5.97 Å². The van der Waals surface area contributed by atoms with Gasteiger partial charge in [0.2, 0.25) is 0 Å². The third-order valence-corrected chi connectivity index (χ3v) is 3.22. The molecule has 0 spiro atoms. The predicted octanol–water partition coefficient (Wildman–Crippen LogP) is 1.47. The van der Waals surface area contributed by atoms with Crippen LogP contribution < -0.4 is 5.32 Å². The summed E-state index contributed by atoms with van der Waals surface area (Å²) >= 11 is 0. The first-order valence-electron chi connectivity index (χ1n) is 7.22. The molecule has 0 atom stereocenters. The molecule has 1 aromatic rings. The Morgan fingerprint density at radius 3 is 2.62 bits per heavy atom. The van der Waals surface area contributed by atoms with E-state index in [0.717, 1.165) is 24.9 Å². The van der Waals surface area contributed by atoms with Gasteiger partial charge in [-0.05, 0) is 38.1 Å². The van der Waals surface area contributed by atoms with Gasteiger partial charge in [0.05, 0.1) is 7.11 Å². The maximum atomic E-state index is 12.7. The second-order valence-electron chi connectivity index (χ2n) is 4.81. The van der Waals surface area contributed by atoms with E-state index in [-0.39, 0.29) is 12.5 Å². The first-order valence-corrected chi connectivity index (χ1v) is 7.22. The lowest BCUT2D eigenvalue weighted by Gasteiger charge is -2.22. The fraction of sp³-hybridized carbons (Fsp3) is 0.500. The molecule has 0 radical (unpaired) electrons. The molecular formula is C16H24N2O3. The number of benzene rings is 1. The molecule has 0 saturated carbocycles. The van der Waals surface area contributed by atoms with Gasteiger partial charge in [0.1, 0.15) is 6.54 Å². The summed E-state index contributed by atoms with van der Waals surface area (Å²) in [7, 11) is 3.21. The van der Waals surface area contributed by atoms with Crippen molar-refractivity contribution < 1.29 is 14.3 Å². The molecule has 0 aliphatic heterocycles. The zero-order valence-corrected chi connectivity index (χ0v) is 13.0. The molecule has 1 rings (SSSR count). The summed E-state index contributed by atoms with van der Waals surface area (Å²) < 4.78 is 4.67. The van der Waals surface area contributed by atoms with Gasteiger partial charge in [-0.3, -0.25) is 9.59 Å². The van der Waals surface area contributed by atoms with Crippen LogP contribution in [-0.2, 0) is 16.0 Å². The van der Waals surface area contributed by atoms with Crippen molar-refractivity contribution in [1.29, 1.82) is 0 Å². The Balaban J connectivity index is 2.94. The molecule has 0 fully saturated rings. The molecule has 5 heteroatoms. The minimum atomic E-state index is -0.399. The normalized spacial score (nSPS) is 10.2. The smallest absolute Gasteiger partial charge is 0.325 e. The van der Waals surface area contributed by atoms with Gasteiger partial charge in [0.15, 0.2) is 0 Å². The molecule has 21 heavy (non-hydrogen) atoms. The molecule has 0 unspecified atom stereocenters. The quantitative estimate of drug-likeness (QED) is 0.737. The number of amides is 1. The summed E-state index contributed by atoms with van der Waals surface area (Å²) in [4.78, 5) is 25.7. The second kappa shape index (κ2) is 9.13. The van der Waals surface area contributed by atoms with Crippen LogP contribution in [0.25, 0.3) is 0 Å². The van der Waals surface area contributed by atoms with E-state index >= 15 is 0 Å². The molecule has 0 aliphatic carbocycles. The molecule has 1 N–H and O–H groups in total. The van der Waals surface area contributed by atoms with Crippen LogP contribution in [0.4, 0.5) is 0 Å².